The molecule has 4 rings (SSSR count). The maximum atomic E-state index is 6.12. The van der Waals surface area contributed by atoms with Crippen LogP contribution in [0.5, 0.6) is 0 Å². The van der Waals surface area contributed by atoms with Gasteiger partial charge in [-0.2, -0.15) is 16.9 Å². The van der Waals surface area contributed by atoms with Crippen molar-refractivity contribution >= 4 is 34.8 Å². The van der Waals surface area contributed by atoms with E-state index in [4.69, 9.17) is 16.6 Å². The Bertz CT molecular complexity index is 843. The minimum atomic E-state index is 0.719. The molecule has 0 spiro atoms. The lowest BCUT2D eigenvalue weighted by molar-refractivity contribution is 0.515. The second-order valence-electron chi connectivity index (χ2n) is 6.09. The summed E-state index contributed by atoms with van der Waals surface area (Å²) in [6.45, 7) is 4.99. The molecule has 1 aliphatic rings. The lowest BCUT2D eigenvalue weighted by atomic mass is 10.0. The van der Waals surface area contributed by atoms with Crippen LogP contribution in [-0.4, -0.2) is 32.6 Å². The first kappa shape index (κ1) is 19.1. The van der Waals surface area contributed by atoms with Gasteiger partial charge in [-0.25, -0.2) is 9.50 Å². The molecule has 1 N–H and O–H groups in total. The second-order valence-corrected chi connectivity index (χ2v) is 7.75. The zero-order valence-electron chi connectivity index (χ0n) is 15.3. The molecule has 0 bridgehead atoms. The van der Waals surface area contributed by atoms with Crippen LogP contribution >= 0.6 is 23.4 Å². The van der Waals surface area contributed by atoms with E-state index < -0.39 is 0 Å². The summed E-state index contributed by atoms with van der Waals surface area (Å²) < 4.78 is 1.80. The Morgan fingerprint density at radius 3 is 2.81 bits per heavy atom. The largest absolute Gasteiger partial charge is 0.370 e. The Morgan fingerprint density at radius 1 is 1.23 bits per heavy atom. The molecule has 4 nitrogen and oxygen atoms in total. The minimum Gasteiger partial charge on any atom is -0.370 e. The quantitative estimate of drug-likeness (QED) is 0.628. The number of fused-ring (bicyclic) bond motifs is 1. The molecule has 0 radical (unpaired) electrons. The number of benzene rings is 1. The van der Waals surface area contributed by atoms with E-state index in [1.54, 1.807) is 4.52 Å². The maximum absolute atomic E-state index is 6.12. The average molecular weight is 389 g/mol. The van der Waals surface area contributed by atoms with Crippen LogP contribution in [0.4, 0.5) is 5.82 Å². The Labute approximate surface area is 164 Å². The molecule has 0 saturated carbocycles. The van der Waals surface area contributed by atoms with Crippen LogP contribution in [0.25, 0.3) is 16.8 Å². The van der Waals surface area contributed by atoms with Crippen molar-refractivity contribution in [3.05, 3.63) is 47.7 Å². The molecule has 6 heteroatoms. The Balaban J connectivity index is 0.000000948. The number of aromatic nitrogens is 3. The molecule has 1 saturated heterocycles. The molecule has 3 heterocycles. The van der Waals surface area contributed by atoms with E-state index in [1.807, 2.05) is 56.6 Å². The first-order valence-electron chi connectivity index (χ1n) is 9.21. The van der Waals surface area contributed by atoms with Gasteiger partial charge in [0, 0.05) is 23.3 Å². The fourth-order valence-electron chi connectivity index (χ4n) is 3.03. The highest BCUT2D eigenvalue weighted by Gasteiger charge is 2.14. The summed E-state index contributed by atoms with van der Waals surface area (Å²) in [7, 11) is 0. The van der Waals surface area contributed by atoms with Gasteiger partial charge in [0.1, 0.15) is 5.82 Å². The molecule has 2 aromatic heterocycles. The first-order valence-corrected chi connectivity index (χ1v) is 10.7. The molecule has 0 amide bonds. The van der Waals surface area contributed by atoms with Gasteiger partial charge in [0.2, 0.25) is 0 Å². The van der Waals surface area contributed by atoms with Crippen LogP contribution < -0.4 is 5.32 Å². The first-order chi connectivity index (χ1) is 12.8. The highest BCUT2D eigenvalue weighted by atomic mass is 35.5. The number of nitrogens with zero attached hydrogens (tertiary/aromatic N) is 3. The van der Waals surface area contributed by atoms with E-state index >= 15 is 0 Å². The van der Waals surface area contributed by atoms with Crippen LogP contribution in [0.1, 0.15) is 26.7 Å². The smallest absolute Gasteiger partial charge is 0.165 e. The predicted molar refractivity (Wildman–Crippen MR) is 113 cm³/mol. The van der Waals surface area contributed by atoms with E-state index in [0.717, 1.165) is 40.1 Å². The van der Waals surface area contributed by atoms with Crippen molar-refractivity contribution in [3.8, 4) is 11.1 Å². The molecule has 138 valence electrons. The third kappa shape index (κ3) is 4.51. The molecule has 0 unspecified atom stereocenters. The summed E-state index contributed by atoms with van der Waals surface area (Å²) in [6, 6.07) is 9.79. The number of halogens is 1. The Hall–Kier alpha value is -1.72. The van der Waals surface area contributed by atoms with Gasteiger partial charge in [0.05, 0.1) is 6.20 Å². The van der Waals surface area contributed by atoms with E-state index in [1.165, 1.54) is 24.3 Å². The minimum absolute atomic E-state index is 0.719. The van der Waals surface area contributed by atoms with Crippen molar-refractivity contribution in [1.82, 2.24) is 14.6 Å². The normalized spacial score (nSPS) is 14.7. The number of nitrogens with one attached hydrogen (secondary N) is 1. The summed E-state index contributed by atoms with van der Waals surface area (Å²) in [6.07, 6.45) is 6.38. The van der Waals surface area contributed by atoms with Gasteiger partial charge in [-0.1, -0.05) is 37.6 Å². The summed E-state index contributed by atoms with van der Waals surface area (Å²) in [5.74, 6) is 4.21. The van der Waals surface area contributed by atoms with Gasteiger partial charge in [0.15, 0.2) is 5.65 Å². The van der Waals surface area contributed by atoms with Crippen LogP contribution in [0.15, 0.2) is 42.7 Å². The van der Waals surface area contributed by atoms with E-state index in [-0.39, 0.29) is 0 Å². The van der Waals surface area contributed by atoms with Gasteiger partial charge in [-0.15, -0.1) is 0 Å². The average Bonchev–Trinajstić information content (AvgIpc) is 3.12. The van der Waals surface area contributed by atoms with Gasteiger partial charge in [-0.3, -0.25) is 0 Å². The number of hydrogen-bond acceptors (Lipinski definition) is 4. The summed E-state index contributed by atoms with van der Waals surface area (Å²) in [5.41, 5.74) is 2.88. The topological polar surface area (TPSA) is 42.2 Å². The van der Waals surface area contributed by atoms with Crippen molar-refractivity contribution in [2.45, 2.75) is 26.7 Å². The zero-order valence-corrected chi connectivity index (χ0v) is 16.9. The lowest BCUT2D eigenvalue weighted by Gasteiger charge is -2.21. The summed E-state index contributed by atoms with van der Waals surface area (Å²) in [5, 5.41) is 8.61. The van der Waals surface area contributed by atoms with Crippen molar-refractivity contribution in [2.75, 3.05) is 23.4 Å². The van der Waals surface area contributed by atoms with Gasteiger partial charge in [-0.05, 0) is 54.0 Å². The third-order valence-electron chi connectivity index (χ3n) is 4.42. The van der Waals surface area contributed by atoms with E-state index in [2.05, 4.69) is 22.2 Å². The number of thioether (sulfide) groups is 1. The van der Waals surface area contributed by atoms with Crippen molar-refractivity contribution in [2.24, 2.45) is 5.92 Å². The van der Waals surface area contributed by atoms with Gasteiger partial charge < -0.3 is 5.32 Å². The predicted octanol–water partition coefficient (Wildman–Crippen LogP) is 5.63. The molecule has 0 atom stereocenters. The number of anilines is 1. The van der Waals surface area contributed by atoms with E-state index in [0.29, 0.717) is 0 Å². The van der Waals surface area contributed by atoms with Crippen molar-refractivity contribution in [3.63, 3.8) is 0 Å². The fourth-order valence-corrected chi connectivity index (χ4v) is 4.42. The molecule has 1 aromatic carbocycles. The molecule has 1 aliphatic heterocycles. The Morgan fingerprint density at radius 2 is 2.04 bits per heavy atom. The standard InChI is InChI=1S/C18H19ClN4S.C2H6/c19-15-3-1-2-14(10-15)16-12-21-23-7-4-17(22-18(16)23)20-11-13-5-8-24-9-6-13;1-2/h1-4,7,10,12-13H,5-6,8-9,11H2,(H,20,22);1-2H3. The zero-order chi connectivity index (χ0) is 18.4. The number of hydrogen-bond donors (Lipinski definition) is 1. The highest BCUT2D eigenvalue weighted by molar-refractivity contribution is 7.99. The monoisotopic (exact) mass is 388 g/mol. The molecule has 3 aromatic rings. The third-order valence-corrected chi connectivity index (χ3v) is 5.70. The molecule has 26 heavy (non-hydrogen) atoms. The SMILES string of the molecule is CC.Clc1cccc(-c2cnn3ccc(NCC4CCSCC4)nc23)c1. The lowest BCUT2D eigenvalue weighted by Crippen LogP contribution is -2.19. The highest BCUT2D eigenvalue weighted by Crippen LogP contribution is 2.27. The van der Waals surface area contributed by atoms with Crippen LogP contribution in [0.3, 0.4) is 0 Å². The Kier molecular flexibility index (Phi) is 6.80. The van der Waals surface area contributed by atoms with Crippen molar-refractivity contribution in [1.29, 1.82) is 0 Å². The molecule has 0 aliphatic carbocycles. The second kappa shape index (κ2) is 9.28. The molecular weight excluding hydrogens is 364 g/mol. The van der Waals surface area contributed by atoms with Crippen LogP contribution in [-0.2, 0) is 0 Å². The van der Waals surface area contributed by atoms with Gasteiger partial charge in [0.25, 0.3) is 0 Å². The summed E-state index contributed by atoms with van der Waals surface area (Å²) in [4.78, 5) is 4.77. The summed E-state index contributed by atoms with van der Waals surface area (Å²) >= 11 is 8.18. The van der Waals surface area contributed by atoms with Crippen molar-refractivity contribution < 1.29 is 0 Å². The van der Waals surface area contributed by atoms with Crippen LogP contribution in [0, 0.1) is 5.92 Å². The van der Waals surface area contributed by atoms with E-state index in [9.17, 15) is 0 Å². The molecular formula is C20H25ClN4S. The fraction of sp³-hybridized carbons (Fsp3) is 0.400. The van der Waals surface area contributed by atoms with Gasteiger partial charge >= 0.3 is 0 Å². The number of rotatable bonds is 4. The van der Waals surface area contributed by atoms with Crippen LogP contribution in [0.2, 0.25) is 5.02 Å². The maximum Gasteiger partial charge on any atom is 0.165 e. The molecule has 1 fully saturated rings.